The summed E-state index contributed by atoms with van der Waals surface area (Å²) in [6.45, 7) is 0. The summed E-state index contributed by atoms with van der Waals surface area (Å²) in [5.41, 5.74) is 0.00227. The Morgan fingerprint density at radius 3 is 2.50 bits per heavy atom. The van der Waals surface area contributed by atoms with Crippen molar-refractivity contribution in [2.24, 2.45) is 0 Å². The number of carbonyl (C=O) groups excluding carboxylic acids is 1. The first-order valence-electron chi connectivity index (χ1n) is 3.76. The molecule has 0 aliphatic carbocycles. The van der Waals surface area contributed by atoms with Crippen molar-refractivity contribution in [1.82, 2.24) is 5.32 Å². The molecule has 1 rings (SSSR count). The van der Waals surface area contributed by atoms with Crippen LogP contribution in [-0.4, -0.2) is 23.8 Å². The van der Waals surface area contributed by atoms with E-state index in [-0.39, 0.29) is 24.5 Å². The van der Waals surface area contributed by atoms with Crippen molar-refractivity contribution < 1.29 is 9.90 Å². The van der Waals surface area contributed by atoms with Gasteiger partial charge in [-0.25, -0.2) is 0 Å². The molecule has 3 N–H and O–H groups in total. The summed E-state index contributed by atoms with van der Waals surface area (Å²) in [5, 5.41) is 19.0. The number of nitrogens with one attached hydrogen (secondary N) is 2. The summed E-state index contributed by atoms with van der Waals surface area (Å²) in [5.74, 6) is -0.572. The lowest BCUT2D eigenvalue weighted by molar-refractivity contribution is -0.114. The Morgan fingerprint density at radius 2 is 2.00 bits per heavy atom. The number of hydrogen-bond acceptors (Lipinski definition) is 3. The molecule has 0 saturated heterocycles. The van der Waals surface area contributed by atoms with E-state index in [1.807, 2.05) is 0 Å². The van der Waals surface area contributed by atoms with Gasteiger partial charge >= 0.3 is 0 Å². The molecule has 0 spiro atoms. The molecule has 0 atom stereocenters. The van der Waals surface area contributed by atoms with E-state index in [0.717, 1.165) is 0 Å². The summed E-state index contributed by atoms with van der Waals surface area (Å²) < 4.78 is 0. The molecular formula is C10H14N2O2. The maximum Gasteiger partial charge on any atom is 0.269 e. The first-order chi connectivity index (χ1) is 6.16. The summed E-state index contributed by atoms with van der Waals surface area (Å²) in [7, 11) is 1.44. The molecule has 76 valence electrons. The van der Waals surface area contributed by atoms with E-state index >= 15 is 0 Å². The molecule has 4 heteroatoms. The molecule has 0 saturated carbocycles. The van der Waals surface area contributed by atoms with E-state index in [9.17, 15) is 9.90 Å². The lowest BCUT2D eigenvalue weighted by Crippen LogP contribution is -2.27. The Morgan fingerprint density at radius 1 is 1.43 bits per heavy atom. The van der Waals surface area contributed by atoms with E-state index in [0.29, 0.717) is 0 Å². The van der Waals surface area contributed by atoms with Gasteiger partial charge in [0.2, 0.25) is 0 Å². The van der Waals surface area contributed by atoms with Gasteiger partial charge in [0.05, 0.1) is 0 Å². The van der Waals surface area contributed by atoms with Crippen molar-refractivity contribution in [2.45, 2.75) is 7.43 Å². The fourth-order valence-corrected chi connectivity index (χ4v) is 0.932. The summed E-state index contributed by atoms with van der Waals surface area (Å²) in [6.07, 6.45) is 0. The van der Waals surface area contributed by atoms with Crippen LogP contribution in [0.2, 0.25) is 0 Å². The number of carbonyl (C=O) groups is 1. The highest BCUT2D eigenvalue weighted by atomic mass is 16.3. The number of hydrogen-bond donors (Lipinski definition) is 3. The molecule has 0 unspecified atom stereocenters. The van der Waals surface area contributed by atoms with Gasteiger partial charge in [-0.2, -0.15) is 0 Å². The molecule has 4 nitrogen and oxygen atoms in total. The molecule has 0 aliphatic rings. The van der Waals surface area contributed by atoms with E-state index in [1.54, 1.807) is 12.1 Å². The number of amides is 1. The number of phenolic OH excluding ortho intramolecular Hbond substituents is 1. The van der Waals surface area contributed by atoms with Crippen molar-refractivity contribution in [3.63, 3.8) is 0 Å². The van der Waals surface area contributed by atoms with Crippen LogP contribution >= 0.6 is 0 Å². The molecule has 0 radical (unpaired) electrons. The molecule has 0 aromatic heterocycles. The number of likely N-dealkylation sites (N-methyl/N-ethyl adjacent to an activating group) is 1. The van der Waals surface area contributed by atoms with Gasteiger partial charge in [0.15, 0.2) is 0 Å². The summed E-state index contributed by atoms with van der Waals surface area (Å²) >= 11 is 0. The normalized spacial score (nSPS) is 8.64. The minimum absolute atomic E-state index is 0. The second kappa shape index (κ2) is 5.01. The molecule has 1 amide bonds. The Labute approximate surface area is 83.1 Å². The Hall–Kier alpha value is -1.84. The summed E-state index contributed by atoms with van der Waals surface area (Å²) in [6, 6.07) is 6.25. The average Bonchev–Trinajstić information content (AvgIpc) is 2.16. The highest BCUT2D eigenvalue weighted by Gasteiger charge is 2.12. The van der Waals surface area contributed by atoms with Gasteiger partial charge in [0.25, 0.3) is 5.91 Å². The van der Waals surface area contributed by atoms with Crippen molar-refractivity contribution >= 4 is 11.6 Å². The molecule has 0 fully saturated rings. The second-order valence-corrected chi connectivity index (χ2v) is 2.47. The first kappa shape index (κ1) is 12.2. The second-order valence-electron chi connectivity index (χ2n) is 2.47. The average molecular weight is 194 g/mol. The number of rotatable bonds is 2. The highest BCUT2D eigenvalue weighted by Crippen LogP contribution is 2.15. The van der Waals surface area contributed by atoms with Gasteiger partial charge in [-0.15, -0.1) is 0 Å². The van der Waals surface area contributed by atoms with Crippen LogP contribution in [0.1, 0.15) is 13.0 Å². The summed E-state index contributed by atoms with van der Waals surface area (Å²) in [4.78, 5) is 11.0. The van der Waals surface area contributed by atoms with Gasteiger partial charge in [0, 0.05) is 12.6 Å². The minimum Gasteiger partial charge on any atom is -0.507 e. The smallest absolute Gasteiger partial charge is 0.269 e. The lowest BCUT2D eigenvalue weighted by atomic mass is 10.1. The maximum atomic E-state index is 11.0. The molecule has 0 aliphatic heterocycles. The zero-order valence-electron chi connectivity index (χ0n) is 7.16. The molecule has 1 aromatic carbocycles. The van der Waals surface area contributed by atoms with Crippen LogP contribution in [0.3, 0.4) is 0 Å². The molecular weight excluding hydrogens is 180 g/mol. The minimum atomic E-state index is -0.512. The Bertz CT molecular complexity index is 348. The highest BCUT2D eigenvalue weighted by molar-refractivity contribution is 6.44. The van der Waals surface area contributed by atoms with Crippen molar-refractivity contribution in [1.29, 1.82) is 5.41 Å². The van der Waals surface area contributed by atoms with Gasteiger partial charge in [-0.05, 0) is 12.1 Å². The Balaban J connectivity index is 0.00000169. The third-order valence-electron chi connectivity index (χ3n) is 1.63. The SMILES string of the molecule is C.CNC(=O)C(=N)c1ccccc1O. The van der Waals surface area contributed by atoms with Crippen LogP contribution in [0.15, 0.2) is 24.3 Å². The first-order valence-corrected chi connectivity index (χ1v) is 3.76. The molecule has 1 aromatic rings. The van der Waals surface area contributed by atoms with E-state index in [4.69, 9.17) is 5.41 Å². The maximum absolute atomic E-state index is 11.0. The van der Waals surface area contributed by atoms with Crippen molar-refractivity contribution in [3.8, 4) is 5.75 Å². The topological polar surface area (TPSA) is 73.2 Å². The predicted molar refractivity (Wildman–Crippen MR) is 55.7 cm³/mol. The van der Waals surface area contributed by atoms with Gasteiger partial charge < -0.3 is 10.4 Å². The standard InChI is InChI=1S/C9H10N2O2.CH4/c1-11-9(13)8(10)6-4-2-3-5-7(6)12;/h2-5,10,12H,1H3,(H,11,13);1H4. The largest absolute Gasteiger partial charge is 0.507 e. The molecule has 14 heavy (non-hydrogen) atoms. The van der Waals surface area contributed by atoms with Crippen molar-refractivity contribution in [3.05, 3.63) is 29.8 Å². The zero-order chi connectivity index (χ0) is 9.84. The number of para-hydroxylation sites is 1. The Kier molecular flexibility index (Phi) is 4.35. The van der Waals surface area contributed by atoms with Gasteiger partial charge in [-0.3, -0.25) is 10.2 Å². The third-order valence-corrected chi connectivity index (χ3v) is 1.63. The molecule has 0 bridgehead atoms. The van der Waals surface area contributed by atoms with Crippen LogP contribution in [0, 0.1) is 5.41 Å². The number of aromatic hydroxyl groups is 1. The van der Waals surface area contributed by atoms with Gasteiger partial charge in [0.1, 0.15) is 11.5 Å². The third kappa shape index (κ3) is 2.32. The molecule has 0 heterocycles. The van der Waals surface area contributed by atoms with Crippen molar-refractivity contribution in [2.75, 3.05) is 7.05 Å². The fourth-order valence-electron chi connectivity index (χ4n) is 0.932. The van der Waals surface area contributed by atoms with E-state index in [2.05, 4.69) is 5.32 Å². The van der Waals surface area contributed by atoms with Crippen LogP contribution in [0.5, 0.6) is 5.75 Å². The van der Waals surface area contributed by atoms with E-state index in [1.165, 1.54) is 19.2 Å². The van der Waals surface area contributed by atoms with Gasteiger partial charge in [-0.1, -0.05) is 19.6 Å². The quantitative estimate of drug-likeness (QED) is 0.618. The number of phenols is 1. The van der Waals surface area contributed by atoms with E-state index < -0.39 is 5.91 Å². The van der Waals surface area contributed by atoms with Crippen LogP contribution < -0.4 is 5.32 Å². The van der Waals surface area contributed by atoms with Crippen LogP contribution in [0.25, 0.3) is 0 Å². The zero-order valence-corrected chi connectivity index (χ0v) is 7.16. The fraction of sp³-hybridized carbons (Fsp3) is 0.200. The lowest BCUT2D eigenvalue weighted by Gasteiger charge is -2.03. The number of benzene rings is 1. The van der Waals surface area contributed by atoms with Crippen LogP contribution in [0.4, 0.5) is 0 Å². The predicted octanol–water partition coefficient (Wildman–Crippen LogP) is 1.14. The van der Waals surface area contributed by atoms with Crippen LogP contribution in [-0.2, 0) is 4.79 Å². The monoisotopic (exact) mass is 194 g/mol.